The van der Waals surface area contributed by atoms with Crippen LogP contribution in [0.1, 0.15) is 37.0 Å². The van der Waals surface area contributed by atoms with Crippen LogP contribution in [0.4, 0.5) is 10.5 Å². The fraction of sp³-hybridized carbons (Fsp3) is 0.500. The fourth-order valence-electron chi connectivity index (χ4n) is 2.41. The van der Waals surface area contributed by atoms with Gasteiger partial charge in [-0.3, -0.25) is 4.79 Å². The van der Waals surface area contributed by atoms with Crippen LogP contribution in [0, 0.1) is 0 Å². The molecule has 0 bridgehead atoms. The summed E-state index contributed by atoms with van der Waals surface area (Å²) in [6, 6.07) is 6.82. The van der Waals surface area contributed by atoms with Gasteiger partial charge >= 0.3 is 6.03 Å². The Morgan fingerprint density at radius 2 is 2.24 bits per heavy atom. The van der Waals surface area contributed by atoms with Crippen LogP contribution in [-0.2, 0) is 4.74 Å². The smallest absolute Gasteiger partial charge is 0.321 e. The number of carbonyl (C=O) groups excluding carboxylic acids is 2. The highest BCUT2D eigenvalue weighted by molar-refractivity contribution is 5.96. The molecule has 0 saturated carbocycles. The maximum Gasteiger partial charge on any atom is 0.321 e. The lowest BCUT2D eigenvalue weighted by Crippen LogP contribution is -2.39. The van der Waals surface area contributed by atoms with Gasteiger partial charge in [-0.1, -0.05) is 12.1 Å². The third kappa shape index (κ3) is 4.29. The molecule has 1 N–H and O–H groups in total. The second kappa shape index (κ2) is 7.22. The van der Waals surface area contributed by atoms with Crippen molar-refractivity contribution in [3.8, 4) is 0 Å². The Hall–Kier alpha value is -1.88. The van der Waals surface area contributed by atoms with Crippen molar-refractivity contribution >= 4 is 17.5 Å². The first-order valence-corrected chi connectivity index (χ1v) is 7.38. The van der Waals surface area contributed by atoms with Gasteiger partial charge in [-0.25, -0.2) is 4.79 Å². The van der Waals surface area contributed by atoms with Crippen LogP contribution in [0.2, 0.25) is 0 Å². The van der Waals surface area contributed by atoms with Crippen LogP contribution >= 0.6 is 0 Å². The number of carbonyl (C=O) groups is 2. The van der Waals surface area contributed by atoms with E-state index in [9.17, 15) is 9.59 Å². The quantitative estimate of drug-likeness (QED) is 0.848. The number of nitrogens with one attached hydrogen (secondary N) is 1. The summed E-state index contributed by atoms with van der Waals surface area (Å²) in [5, 5.41) is 2.84. The Labute approximate surface area is 125 Å². The molecule has 0 unspecified atom stereocenters. The van der Waals surface area contributed by atoms with Crippen molar-refractivity contribution in [1.29, 1.82) is 0 Å². The molecule has 5 nitrogen and oxygen atoms in total. The van der Waals surface area contributed by atoms with E-state index in [1.165, 1.54) is 6.92 Å². The number of nitrogens with zero attached hydrogens (tertiary/aromatic N) is 1. The molecule has 1 aliphatic heterocycles. The topological polar surface area (TPSA) is 58.6 Å². The number of amides is 2. The van der Waals surface area contributed by atoms with Gasteiger partial charge < -0.3 is 15.0 Å². The van der Waals surface area contributed by atoms with Crippen molar-refractivity contribution in [2.45, 2.75) is 32.8 Å². The zero-order valence-electron chi connectivity index (χ0n) is 12.6. The fourth-order valence-corrected chi connectivity index (χ4v) is 2.41. The summed E-state index contributed by atoms with van der Waals surface area (Å²) in [6.45, 7) is 5.47. The van der Waals surface area contributed by atoms with Gasteiger partial charge in [0, 0.05) is 30.9 Å². The molecule has 1 saturated heterocycles. The largest absolute Gasteiger partial charge is 0.376 e. The lowest BCUT2D eigenvalue weighted by molar-refractivity contribution is 0.0849. The zero-order valence-corrected chi connectivity index (χ0v) is 12.6. The summed E-state index contributed by atoms with van der Waals surface area (Å²) in [6.07, 6.45) is 2.20. The van der Waals surface area contributed by atoms with Crippen molar-refractivity contribution in [3.05, 3.63) is 29.8 Å². The summed E-state index contributed by atoms with van der Waals surface area (Å²) < 4.78 is 5.57. The normalized spacial score (nSPS) is 17.5. The van der Waals surface area contributed by atoms with E-state index in [0.29, 0.717) is 24.3 Å². The molecule has 114 valence electrons. The molecule has 2 rings (SSSR count). The standard InChI is InChI=1S/C16H22N2O3/c1-3-18(11-15-8-5-9-21-15)16(20)17-14-7-4-6-13(10-14)12(2)19/h4,6-7,10,15H,3,5,8-9,11H2,1-2H3,(H,17,20)/t15-/m1/s1. The predicted molar refractivity (Wildman–Crippen MR) is 81.7 cm³/mol. The molecule has 5 heteroatoms. The molecule has 0 aliphatic carbocycles. The number of hydrogen-bond donors (Lipinski definition) is 1. The maximum atomic E-state index is 12.3. The van der Waals surface area contributed by atoms with Gasteiger partial charge in [-0.15, -0.1) is 0 Å². The Morgan fingerprint density at radius 3 is 2.86 bits per heavy atom. The Kier molecular flexibility index (Phi) is 5.33. The van der Waals surface area contributed by atoms with Crippen molar-refractivity contribution in [2.24, 2.45) is 0 Å². The van der Waals surface area contributed by atoms with E-state index in [1.54, 1.807) is 29.2 Å². The number of Topliss-reactive ketones (excluding diaryl/α,β-unsaturated/α-hetero) is 1. The summed E-state index contributed by atoms with van der Waals surface area (Å²) in [7, 11) is 0. The molecule has 1 atom stereocenters. The van der Waals surface area contributed by atoms with Gasteiger partial charge in [-0.05, 0) is 38.8 Å². The average molecular weight is 290 g/mol. The number of hydrogen-bond acceptors (Lipinski definition) is 3. The number of likely N-dealkylation sites (N-methyl/N-ethyl adjacent to an activating group) is 1. The number of urea groups is 1. The zero-order chi connectivity index (χ0) is 15.2. The first-order valence-electron chi connectivity index (χ1n) is 7.38. The van der Waals surface area contributed by atoms with Gasteiger partial charge in [0.05, 0.1) is 6.10 Å². The molecule has 21 heavy (non-hydrogen) atoms. The lowest BCUT2D eigenvalue weighted by Gasteiger charge is -2.24. The predicted octanol–water partition coefficient (Wildman–Crippen LogP) is 2.92. The molecule has 1 aromatic rings. The van der Waals surface area contributed by atoms with Gasteiger partial charge in [0.15, 0.2) is 5.78 Å². The van der Waals surface area contributed by atoms with Crippen molar-refractivity contribution in [2.75, 3.05) is 25.0 Å². The molecule has 1 fully saturated rings. The van der Waals surface area contributed by atoms with E-state index in [4.69, 9.17) is 4.74 Å². The Bertz CT molecular complexity index is 510. The highest BCUT2D eigenvalue weighted by atomic mass is 16.5. The van der Waals surface area contributed by atoms with E-state index < -0.39 is 0 Å². The van der Waals surface area contributed by atoms with E-state index in [2.05, 4.69) is 5.32 Å². The Morgan fingerprint density at radius 1 is 1.43 bits per heavy atom. The molecule has 0 aromatic heterocycles. The van der Waals surface area contributed by atoms with Crippen molar-refractivity contribution < 1.29 is 14.3 Å². The van der Waals surface area contributed by atoms with Gasteiger partial charge in [0.25, 0.3) is 0 Å². The number of anilines is 1. The summed E-state index contributed by atoms with van der Waals surface area (Å²) in [4.78, 5) is 25.4. The van der Waals surface area contributed by atoms with Crippen molar-refractivity contribution in [3.63, 3.8) is 0 Å². The molecule has 1 aromatic carbocycles. The second-order valence-corrected chi connectivity index (χ2v) is 5.24. The molecule has 2 amide bonds. The summed E-state index contributed by atoms with van der Waals surface area (Å²) in [5.74, 6) is -0.0159. The summed E-state index contributed by atoms with van der Waals surface area (Å²) in [5.41, 5.74) is 1.23. The molecule has 0 spiro atoms. The maximum absolute atomic E-state index is 12.3. The van der Waals surface area contributed by atoms with Gasteiger partial charge in [0.1, 0.15) is 0 Å². The molecule has 0 radical (unpaired) electrons. The van der Waals surface area contributed by atoms with E-state index >= 15 is 0 Å². The van der Waals surface area contributed by atoms with E-state index in [-0.39, 0.29) is 17.9 Å². The second-order valence-electron chi connectivity index (χ2n) is 5.24. The minimum atomic E-state index is -0.159. The molecular formula is C16H22N2O3. The van der Waals surface area contributed by atoms with Crippen LogP contribution in [0.5, 0.6) is 0 Å². The number of ether oxygens (including phenoxy) is 1. The minimum Gasteiger partial charge on any atom is -0.376 e. The molecule has 1 aliphatic rings. The monoisotopic (exact) mass is 290 g/mol. The van der Waals surface area contributed by atoms with Gasteiger partial charge in [0.2, 0.25) is 0 Å². The lowest BCUT2D eigenvalue weighted by atomic mass is 10.1. The SMILES string of the molecule is CCN(C[C@H]1CCCO1)C(=O)Nc1cccc(C(C)=O)c1. The first kappa shape index (κ1) is 15.5. The third-order valence-corrected chi connectivity index (χ3v) is 3.64. The van der Waals surface area contributed by atoms with Crippen LogP contribution in [0.3, 0.4) is 0 Å². The summed E-state index contributed by atoms with van der Waals surface area (Å²) >= 11 is 0. The van der Waals surface area contributed by atoms with Gasteiger partial charge in [-0.2, -0.15) is 0 Å². The molecular weight excluding hydrogens is 268 g/mol. The Balaban J connectivity index is 1.98. The first-order chi connectivity index (χ1) is 10.1. The average Bonchev–Trinajstić information content (AvgIpc) is 2.97. The highest BCUT2D eigenvalue weighted by Gasteiger charge is 2.21. The van der Waals surface area contributed by atoms with Crippen LogP contribution in [0.25, 0.3) is 0 Å². The van der Waals surface area contributed by atoms with Crippen molar-refractivity contribution in [1.82, 2.24) is 4.90 Å². The number of benzene rings is 1. The number of rotatable bonds is 5. The molecule has 1 heterocycles. The van der Waals surface area contributed by atoms with E-state index in [0.717, 1.165) is 19.4 Å². The number of ketones is 1. The third-order valence-electron chi connectivity index (χ3n) is 3.64. The van der Waals surface area contributed by atoms with Crippen LogP contribution < -0.4 is 5.32 Å². The highest BCUT2D eigenvalue weighted by Crippen LogP contribution is 2.15. The van der Waals surface area contributed by atoms with E-state index in [1.807, 2.05) is 6.92 Å². The van der Waals surface area contributed by atoms with Crippen LogP contribution in [0.15, 0.2) is 24.3 Å². The minimum absolute atomic E-state index is 0.0159. The van der Waals surface area contributed by atoms with Crippen LogP contribution in [-0.4, -0.2) is 42.5 Å².